The minimum Gasteiger partial charge on any atom is -0.379 e. The third-order valence-corrected chi connectivity index (χ3v) is 2.00. The van der Waals surface area contributed by atoms with Crippen LogP contribution in [0.25, 0.3) is 0 Å². The van der Waals surface area contributed by atoms with Crippen LogP contribution >= 0.6 is 0 Å². The third-order valence-electron chi connectivity index (χ3n) is 2.00. The Kier molecular flexibility index (Phi) is 1.54. The summed E-state index contributed by atoms with van der Waals surface area (Å²) in [6, 6.07) is 0.625. The van der Waals surface area contributed by atoms with Gasteiger partial charge in [0.15, 0.2) is 0 Å². The predicted molar refractivity (Wildman–Crippen MR) is 32.9 cm³/mol. The van der Waals surface area contributed by atoms with Gasteiger partial charge in [-0.15, -0.1) is 0 Å². The molecule has 0 spiro atoms. The smallest absolute Gasteiger partial charge is 0.0850 e. The Balaban J connectivity index is 2.25. The van der Waals surface area contributed by atoms with Crippen LogP contribution in [0, 0.1) is 0 Å². The van der Waals surface area contributed by atoms with Crippen LogP contribution in [0.5, 0.6) is 0 Å². The Morgan fingerprint density at radius 2 is 2.25 bits per heavy atom. The van der Waals surface area contributed by atoms with Crippen LogP contribution in [0.1, 0.15) is 6.92 Å². The molecular weight excluding hydrogens is 102 g/mol. The molecule has 1 saturated heterocycles. The van der Waals surface area contributed by atoms with Crippen molar-refractivity contribution in [2.45, 2.75) is 19.1 Å². The number of methoxy groups -OCH3 is 1. The fourth-order valence-corrected chi connectivity index (χ4v) is 1.02. The van der Waals surface area contributed by atoms with Crippen LogP contribution in [-0.4, -0.2) is 37.7 Å². The maximum absolute atomic E-state index is 5.13. The fraction of sp³-hybridized carbons (Fsp3) is 1.00. The summed E-state index contributed by atoms with van der Waals surface area (Å²) < 4.78 is 5.13. The van der Waals surface area contributed by atoms with Gasteiger partial charge in [0.1, 0.15) is 0 Å². The van der Waals surface area contributed by atoms with Crippen LogP contribution in [0.15, 0.2) is 0 Å². The van der Waals surface area contributed by atoms with Crippen LogP contribution in [-0.2, 0) is 4.74 Å². The first-order valence-corrected chi connectivity index (χ1v) is 2.98. The van der Waals surface area contributed by atoms with E-state index in [0.29, 0.717) is 12.1 Å². The Morgan fingerprint density at radius 1 is 1.62 bits per heavy atom. The van der Waals surface area contributed by atoms with Gasteiger partial charge < -0.3 is 4.74 Å². The van der Waals surface area contributed by atoms with E-state index in [1.165, 1.54) is 0 Å². The molecule has 2 nitrogen and oxygen atoms in total. The van der Waals surface area contributed by atoms with Crippen molar-refractivity contribution in [2.75, 3.05) is 20.7 Å². The summed E-state index contributed by atoms with van der Waals surface area (Å²) in [4.78, 5) is 2.27. The number of hydrogen-bond acceptors (Lipinski definition) is 2. The maximum atomic E-state index is 5.13. The van der Waals surface area contributed by atoms with Crippen molar-refractivity contribution in [3.8, 4) is 0 Å². The predicted octanol–water partition coefficient (Wildman–Crippen LogP) is 0.335. The zero-order valence-electron chi connectivity index (χ0n) is 5.72. The van der Waals surface area contributed by atoms with Gasteiger partial charge in [-0.3, -0.25) is 4.90 Å². The molecule has 0 aliphatic carbocycles. The van der Waals surface area contributed by atoms with Crippen LogP contribution in [0.4, 0.5) is 0 Å². The van der Waals surface area contributed by atoms with Gasteiger partial charge in [0.05, 0.1) is 6.10 Å². The van der Waals surface area contributed by atoms with Crippen molar-refractivity contribution in [1.82, 2.24) is 4.90 Å². The molecule has 2 heteroatoms. The third kappa shape index (κ3) is 0.740. The van der Waals surface area contributed by atoms with Crippen LogP contribution in [0.2, 0.25) is 0 Å². The second-order valence-electron chi connectivity index (χ2n) is 2.45. The fourth-order valence-electron chi connectivity index (χ4n) is 1.02. The number of hydrogen-bond donors (Lipinski definition) is 0. The van der Waals surface area contributed by atoms with Gasteiger partial charge in [-0.05, 0) is 14.0 Å². The first-order chi connectivity index (χ1) is 3.75. The molecule has 1 heterocycles. The molecule has 0 N–H and O–H groups in total. The minimum absolute atomic E-state index is 0.486. The first-order valence-electron chi connectivity index (χ1n) is 2.98. The van der Waals surface area contributed by atoms with E-state index in [1.54, 1.807) is 7.11 Å². The Labute approximate surface area is 50.4 Å². The van der Waals surface area contributed by atoms with Gasteiger partial charge in [-0.1, -0.05) is 0 Å². The van der Waals surface area contributed by atoms with Gasteiger partial charge in [-0.25, -0.2) is 0 Å². The van der Waals surface area contributed by atoms with Crippen molar-refractivity contribution < 1.29 is 4.74 Å². The molecule has 1 rings (SSSR count). The normalized spacial score (nSPS) is 39.4. The van der Waals surface area contributed by atoms with Crippen molar-refractivity contribution in [2.24, 2.45) is 0 Å². The second kappa shape index (κ2) is 2.03. The molecule has 48 valence electrons. The highest BCUT2D eigenvalue weighted by Gasteiger charge is 2.31. The molecular formula is C6H13NO. The van der Waals surface area contributed by atoms with E-state index in [1.807, 2.05) is 0 Å². The van der Waals surface area contributed by atoms with E-state index in [-0.39, 0.29) is 0 Å². The molecule has 0 aromatic carbocycles. The SMILES string of the molecule is COC1CN(C)C1C. The van der Waals surface area contributed by atoms with Gasteiger partial charge in [0.25, 0.3) is 0 Å². The highest BCUT2D eigenvalue weighted by Crippen LogP contribution is 2.16. The lowest BCUT2D eigenvalue weighted by Crippen LogP contribution is -2.56. The topological polar surface area (TPSA) is 12.5 Å². The Hall–Kier alpha value is -0.0800. The van der Waals surface area contributed by atoms with Gasteiger partial charge in [0.2, 0.25) is 0 Å². The molecule has 0 aromatic heterocycles. The summed E-state index contributed by atoms with van der Waals surface area (Å²) in [5, 5.41) is 0. The summed E-state index contributed by atoms with van der Waals surface area (Å²) in [6.45, 7) is 3.27. The number of rotatable bonds is 1. The number of ether oxygens (including phenoxy) is 1. The molecule has 1 aliphatic rings. The molecule has 1 aliphatic heterocycles. The van der Waals surface area contributed by atoms with E-state index in [2.05, 4.69) is 18.9 Å². The van der Waals surface area contributed by atoms with Gasteiger partial charge >= 0.3 is 0 Å². The Morgan fingerprint density at radius 3 is 2.38 bits per heavy atom. The summed E-state index contributed by atoms with van der Waals surface area (Å²) in [7, 11) is 3.88. The average molecular weight is 115 g/mol. The monoisotopic (exact) mass is 115 g/mol. The van der Waals surface area contributed by atoms with E-state index < -0.39 is 0 Å². The lowest BCUT2D eigenvalue weighted by atomic mass is 10.0. The van der Waals surface area contributed by atoms with Gasteiger partial charge in [-0.2, -0.15) is 0 Å². The van der Waals surface area contributed by atoms with Crippen molar-refractivity contribution in [3.63, 3.8) is 0 Å². The lowest BCUT2D eigenvalue weighted by Gasteiger charge is -2.42. The molecule has 0 amide bonds. The van der Waals surface area contributed by atoms with E-state index in [9.17, 15) is 0 Å². The zero-order valence-corrected chi connectivity index (χ0v) is 5.72. The Bertz CT molecular complexity index is 84.6. The maximum Gasteiger partial charge on any atom is 0.0850 e. The molecule has 2 atom stereocenters. The number of nitrogens with zero attached hydrogens (tertiary/aromatic N) is 1. The quantitative estimate of drug-likeness (QED) is 0.488. The molecule has 0 saturated carbocycles. The standard InChI is InChI=1S/C6H13NO/c1-5-6(8-3)4-7(5)2/h5-6H,4H2,1-3H3. The van der Waals surface area contributed by atoms with Crippen LogP contribution < -0.4 is 0 Å². The second-order valence-corrected chi connectivity index (χ2v) is 2.45. The van der Waals surface area contributed by atoms with Crippen molar-refractivity contribution in [1.29, 1.82) is 0 Å². The highest BCUT2D eigenvalue weighted by atomic mass is 16.5. The summed E-state index contributed by atoms with van der Waals surface area (Å²) >= 11 is 0. The molecule has 0 aromatic rings. The number of likely N-dealkylation sites (tertiary alicyclic amines) is 1. The molecule has 0 radical (unpaired) electrons. The van der Waals surface area contributed by atoms with Crippen molar-refractivity contribution >= 4 is 0 Å². The largest absolute Gasteiger partial charge is 0.379 e. The molecule has 2 unspecified atom stereocenters. The van der Waals surface area contributed by atoms with Crippen molar-refractivity contribution in [3.05, 3.63) is 0 Å². The van der Waals surface area contributed by atoms with Crippen LogP contribution in [0.3, 0.4) is 0 Å². The lowest BCUT2D eigenvalue weighted by molar-refractivity contribution is -0.0627. The molecule has 1 fully saturated rings. The first kappa shape index (κ1) is 6.05. The molecule has 0 bridgehead atoms. The number of likely N-dealkylation sites (N-methyl/N-ethyl adjacent to an activating group) is 1. The average Bonchev–Trinajstić information content (AvgIpc) is 1.81. The van der Waals surface area contributed by atoms with E-state index in [0.717, 1.165) is 6.54 Å². The zero-order chi connectivity index (χ0) is 6.15. The summed E-state index contributed by atoms with van der Waals surface area (Å²) in [5.41, 5.74) is 0. The molecule has 8 heavy (non-hydrogen) atoms. The minimum atomic E-state index is 0.486. The van der Waals surface area contributed by atoms with E-state index in [4.69, 9.17) is 4.74 Å². The highest BCUT2D eigenvalue weighted by molar-refractivity contribution is 4.86. The van der Waals surface area contributed by atoms with E-state index >= 15 is 0 Å². The summed E-state index contributed by atoms with van der Waals surface area (Å²) in [5.74, 6) is 0. The summed E-state index contributed by atoms with van der Waals surface area (Å²) in [6.07, 6.45) is 0.486. The van der Waals surface area contributed by atoms with Gasteiger partial charge in [0, 0.05) is 19.7 Å².